The zero-order valence-electron chi connectivity index (χ0n) is 22.4. The smallest absolute Gasteiger partial charge is 0.411 e. The second-order valence-corrected chi connectivity index (χ2v) is 9.59. The topological polar surface area (TPSA) is 169 Å². The summed E-state index contributed by atoms with van der Waals surface area (Å²) in [6.07, 6.45) is 10.4. The maximum absolute atomic E-state index is 13.1. The van der Waals surface area contributed by atoms with E-state index in [-0.39, 0.29) is 11.8 Å². The number of methoxy groups -OCH3 is 1. The van der Waals surface area contributed by atoms with E-state index in [0.29, 0.717) is 64.0 Å². The number of aromatic nitrogens is 6. The summed E-state index contributed by atoms with van der Waals surface area (Å²) in [7, 11) is 1.26. The van der Waals surface area contributed by atoms with Crippen molar-refractivity contribution in [2.24, 2.45) is 0 Å². The summed E-state index contributed by atoms with van der Waals surface area (Å²) in [6.45, 7) is 0.400. The van der Waals surface area contributed by atoms with Gasteiger partial charge in [0.1, 0.15) is 12.2 Å². The highest BCUT2D eigenvalue weighted by Gasteiger charge is 2.21. The number of nitrogens with one attached hydrogen (secondary N) is 4. The van der Waals surface area contributed by atoms with Crippen molar-refractivity contribution < 1.29 is 19.1 Å². The number of imidazole rings is 1. The Morgan fingerprint density at radius 3 is 2.86 bits per heavy atom. The Morgan fingerprint density at radius 2 is 2.05 bits per heavy atom. The fraction of sp³-hybridized carbons (Fsp3) is 0.179. The lowest BCUT2D eigenvalue weighted by molar-refractivity contribution is -0.117. The third kappa shape index (κ3) is 6.70. The van der Waals surface area contributed by atoms with Gasteiger partial charge in [-0.15, -0.1) is 5.10 Å². The number of carbonyl (C=O) groups is 3. The van der Waals surface area contributed by atoms with E-state index in [9.17, 15) is 14.4 Å². The number of tetrazole rings is 1. The number of anilines is 1. The van der Waals surface area contributed by atoms with E-state index < -0.39 is 12.1 Å². The van der Waals surface area contributed by atoms with Gasteiger partial charge in [-0.05, 0) is 65.7 Å². The molecule has 2 bridgehead atoms. The molecule has 3 amide bonds. The molecule has 13 nitrogen and oxygen atoms in total. The molecule has 3 heterocycles. The van der Waals surface area contributed by atoms with Crippen LogP contribution in [0.4, 0.5) is 10.5 Å². The molecular weight excluding hydrogens is 562 g/mol. The fourth-order valence-corrected chi connectivity index (χ4v) is 4.51. The van der Waals surface area contributed by atoms with Crippen molar-refractivity contribution in [3.8, 4) is 16.9 Å². The van der Waals surface area contributed by atoms with Crippen molar-refractivity contribution in [3.63, 3.8) is 0 Å². The van der Waals surface area contributed by atoms with Gasteiger partial charge < -0.3 is 20.4 Å². The Hall–Kier alpha value is -5.30. The highest BCUT2D eigenvalue weighted by molar-refractivity contribution is 6.30. The molecule has 1 aliphatic heterocycles. The quantitative estimate of drug-likeness (QED) is 0.202. The van der Waals surface area contributed by atoms with E-state index in [1.54, 1.807) is 48.7 Å². The first-order valence-corrected chi connectivity index (χ1v) is 13.3. The summed E-state index contributed by atoms with van der Waals surface area (Å²) in [4.78, 5) is 45.7. The van der Waals surface area contributed by atoms with Crippen LogP contribution in [0.25, 0.3) is 23.0 Å². The number of rotatable bonds is 5. The highest BCUT2D eigenvalue weighted by Crippen LogP contribution is 2.28. The molecular formula is C28H26ClN9O4. The molecule has 0 radical (unpaired) electrons. The minimum atomic E-state index is -0.651. The van der Waals surface area contributed by atoms with Crippen LogP contribution in [0.2, 0.25) is 5.02 Å². The van der Waals surface area contributed by atoms with Gasteiger partial charge in [-0.25, -0.2) is 9.78 Å². The predicted molar refractivity (Wildman–Crippen MR) is 155 cm³/mol. The summed E-state index contributed by atoms with van der Waals surface area (Å²) in [5.41, 5.74) is 3.08. The Balaban J connectivity index is 1.41. The van der Waals surface area contributed by atoms with Crippen molar-refractivity contribution in [1.29, 1.82) is 0 Å². The molecule has 1 aliphatic rings. The normalized spacial score (nSPS) is 15.9. The van der Waals surface area contributed by atoms with Crippen LogP contribution in [0.3, 0.4) is 0 Å². The van der Waals surface area contributed by atoms with Gasteiger partial charge in [-0.3, -0.25) is 14.9 Å². The first kappa shape index (κ1) is 28.2. The SMILES string of the molecule is COC(=O)Nc1ccc2c(c1)C(=O)NCC/C=C/C[C@H](NC(=O)/C=C/c1cc(Cl)ccc1-n1cnnn1)c1nc-2c[nH]1. The van der Waals surface area contributed by atoms with Crippen LogP contribution in [0.1, 0.15) is 40.6 Å². The van der Waals surface area contributed by atoms with Gasteiger partial charge in [0.2, 0.25) is 5.91 Å². The number of ether oxygens (including phenoxy) is 1. The number of H-pyrrole nitrogens is 1. The van der Waals surface area contributed by atoms with Crippen molar-refractivity contribution in [1.82, 2.24) is 40.8 Å². The van der Waals surface area contributed by atoms with Crippen molar-refractivity contribution in [2.75, 3.05) is 19.0 Å². The van der Waals surface area contributed by atoms with Gasteiger partial charge in [0.25, 0.3) is 5.91 Å². The standard InChI is InChI=1S/C28H26ClN9O4/c1-42-28(41)33-19-8-9-20-21(14-19)27(40)30-12-4-2-3-5-22(26-31-15-23(20)35-26)34-25(39)11-6-17-13-18(29)7-10-24(17)38-16-32-36-37-38/h2-3,6-11,13-16,22H,4-5,12H2,1H3,(H,30,40)(H,31,35)(H,33,41)(H,34,39)/b3-2+,11-6+/t22-/m0/s1. The molecule has 4 N–H and O–H groups in total. The third-order valence-corrected chi connectivity index (χ3v) is 6.59. The molecule has 214 valence electrons. The number of halogens is 1. The van der Waals surface area contributed by atoms with E-state index in [2.05, 4.69) is 41.2 Å². The number of carbonyl (C=O) groups excluding carboxylic acids is 3. The maximum Gasteiger partial charge on any atom is 0.411 e. The van der Waals surface area contributed by atoms with Crippen LogP contribution in [-0.2, 0) is 9.53 Å². The average Bonchev–Trinajstić information content (AvgIpc) is 3.70. The molecule has 0 saturated heterocycles. The van der Waals surface area contributed by atoms with Crippen LogP contribution >= 0.6 is 11.6 Å². The van der Waals surface area contributed by atoms with Crippen molar-refractivity contribution in [2.45, 2.75) is 18.9 Å². The number of fused-ring (bicyclic) bond motifs is 4. The minimum Gasteiger partial charge on any atom is -0.453 e. The number of amides is 3. The minimum absolute atomic E-state index is 0.312. The Labute approximate surface area is 245 Å². The van der Waals surface area contributed by atoms with Crippen molar-refractivity contribution in [3.05, 3.63) is 89.1 Å². The summed E-state index contributed by atoms with van der Waals surface area (Å²) in [6, 6.07) is 9.60. The van der Waals surface area contributed by atoms with E-state index in [0.717, 1.165) is 0 Å². The third-order valence-electron chi connectivity index (χ3n) is 6.35. The Morgan fingerprint density at radius 1 is 1.17 bits per heavy atom. The van der Waals surface area contributed by atoms with Gasteiger partial charge in [0.15, 0.2) is 0 Å². The second kappa shape index (κ2) is 12.9. The Kier molecular flexibility index (Phi) is 8.68. The number of aromatic amines is 1. The zero-order valence-corrected chi connectivity index (χ0v) is 23.1. The van der Waals surface area contributed by atoms with E-state index >= 15 is 0 Å². The lowest BCUT2D eigenvalue weighted by Crippen LogP contribution is -2.27. The number of benzene rings is 2. The molecule has 0 spiro atoms. The summed E-state index contributed by atoms with van der Waals surface area (Å²) >= 11 is 6.19. The molecule has 14 heteroatoms. The first-order chi connectivity index (χ1) is 20.4. The molecule has 42 heavy (non-hydrogen) atoms. The van der Waals surface area contributed by atoms with Gasteiger partial charge in [-0.1, -0.05) is 23.8 Å². The predicted octanol–water partition coefficient (Wildman–Crippen LogP) is 3.83. The largest absolute Gasteiger partial charge is 0.453 e. The summed E-state index contributed by atoms with van der Waals surface area (Å²) in [5.74, 6) is -0.155. The summed E-state index contributed by atoms with van der Waals surface area (Å²) < 4.78 is 6.13. The zero-order chi connectivity index (χ0) is 29.5. The lowest BCUT2D eigenvalue weighted by atomic mass is 10.0. The number of hydrogen-bond donors (Lipinski definition) is 4. The van der Waals surface area contributed by atoms with Crippen LogP contribution in [-0.4, -0.2) is 61.7 Å². The van der Waals surface area contributed by atoms with Crippen LogP contribution in [0.15, 0.2) is 67.2 Å². The molecule has 2 aromatic heterocycles. The number of hydrogen-bond acceptors (Lipinski definition) is 8. The van der Waals surface area contributed by atoms with Crippen molar-refractivity contribution >= 4 is 41.3 Å². The van der Waals surface area contributed by atoms with Crippen LogP contribution in [0.5, 0.6) is 0 Å². The molecule has 0 fully saturated rings. The highest BCUT2D eigenvalue weighted by atomic mass is 35.5. The molecule has 0 saturated carbocycles. The molecule has 5 rings (SSSR count). The van der Waals surface area contributed by atoms with Gasteiger partial charge in [0.05, 0.1) is 30.1 Å². The fourth-order valence-electron chi connectivity index (χ4n) is 4.33. The van der Waals surface area contributed by atoms with E-state index in [4.69, 9.17) is 16.6 Å². The monoisotopic (exact) mass is 587 g/mol. The Bertz CT molecular complexity index is 1660. The van der Waals surface area contributed by atoms with Crippen LogP contribution < -0.4 is 16.0 Å². The average molecular weight is 588 g/mol. The first-order valence-electron chi connectivity index (χ1n) is 12.9. The van der Waals surface area contributed by atoms with Gasteiger partial charge >= 0.3 is 6.09 Å². The lowest BCUT2D eigenvalue weighted by Gasteiger charge is -2.14. The van der Waals surface area contributed by atoms with Gasteiger partial charge in [0, 0.05) is 40.7 Å². The summed E-state index contributed by atoms with van der Waals surface area (Å²) in [5, 5.41) is 20.2. The molecule has 0 unspecified atom stereocenters. The van der Waals surface area contributed by atoms with E-state index in [1.807, 2.05) is 12.2 Å². The second-order valence-electron chi connectivity index (χ2n) is 9.15. The molecule has 0 aliphatic carbocycles. The van der Waals surface area contributed by atoms with E-state index in [1.165, 1.54) is 24.2 Å². The molecule has 2 aromatic carbocycles. The molecule has 1 atom stereocenters. The molecule has 4 aromatic rings. The number of nitrogens with zero attached hydrogens (tertiary/aromatic N) is 5. The maximum atomic E-state index is 13.1. The van der Waals surface area contributed by atoms with Crippen LogP contribution in [0, 0.1) is 0 Å². The van der Waals surface area contributed by atoms with Gasteiger partial charge in [-0.2, -0.15) is 4.68 Å².